The lowest BCUT2D eigenvalue weighted by Crippen LogP contribution is -2.23. The first-order chi connectivity index (χ1) is 9.52. The first-order valence-corrected chi connectivity index (χ1v) is 7.70. The number of rotatable bonds is 4. The molecule has 5 heteroatoms. The van der Waals surface area contributed by atoms with Crippen LogP contribution in [0.5, 0.6) is 0 Å². The average molecular weight is 355 g/mol. The lowest BCUT2D eigenvalue weighted by molar-refractivity contribution is 0.721. The van der Waals surface area contributed by atoms with E-state index in [0.29, 0.717) is 0 Å². The molecular formula is C15H17BrClN3. The monoisotopic (exact) mass is 353 g/mol. The highest BCUT2D eigenvalue weighted by atomic mass is 79.9. The van der Waals surface area contributed by atoms with Crippen molar-refractivity contribution in [1.29, 1.82) is 0 Å². The molecule has 2 rings (SSSR count). The van der Waals surface area contributed by atoms with Gasteiger partial charge in [-0.25, -0.2) is 9.97 Å². The summed E-state index contributed by atoms with van der Waals surface area (Å²) in [6.07, 6.45) is 0.806. The van der Waals surface area contributed by atoms with Gasteiger partial charge in [0.15, 0.2) is 0 Å². The summed E-state index contributed by atoms with van der Waals surface area (Å²) in [6.45, 7) is 4.16. The fourth-order valence-electron chi connectivity index (χ4n) is 2.01. The minimum absolute atomic E-state index is 0.134. The van der Waals surface area contributed by atoms with Crippen molar-refractivity contribution in [1.82, 2.24) is 9.97 Å². The number of aromatic nitrogens is 2. The van der Waals surface area contributed by atoms with E-state index in [-0.39, 0.29) is 6.04 Å². The summed E-state index contributed by atoms with van der Waals surface area (Å²) in [5.74, 6) is 1.71. The van der Waals surface area contributed by atoms with Gasteiger partial charge in [-0.1, -0.05) is 36.7 Å². The Labute approximate surface area is 133 Å². The van der Waals surface area contributed by atoms with Crippen molar-refractivity contribution >= 4 is 33.3 Å². The number of hydrogen-bond donors (Lipinski definition) is 0. The zero-order valence-corrected chi connectivity index (χ0v) is 14.1. The van der Waals surface area contributed by atoms with E-state index < -0.39 is 0 Å². The van der Waals surface area contributed by atoms with Crippen LogP contribution in [0.15, 0.2) is 34.9 Å². The van der Waals surface area contributed by atoms with Crippen molar-refractivity contribution < 1.29 is 0 Å². The van der Waals surface area contributed by atoms with Crippen molar-refractivity contribution in [2.24, 2.45) is 0 Å². The van der Waals surface area contributed by atoms with Crippen LogP contribution >= 0.6 is 27.5 Å². The van der Waals surface area contributed by atoms with E-state index in [2.05, 4.69) is 37.7 Å². The normalized spacial score (nSPS) is 12.2. The molecule has 1 atom stereocenters. The molecule has 0 aliphatic carbocycles. The van der Waals surface area contributed by atoms with E-state index in [1.807, 2.05) is 44.3 Å². The molecule has 0 spiro atoms. The molecule has 1 aromatic carbocycles. The highest BCUT2D eigenvalue weighted by Gasteiger charge is 2.17. The highest BCUT2D eigenvalue weighted by molar-refractivity contribution is 9.10. The Morgan fingerprint density at radius 2 is 2.00 bits per heavy atom. The molecule has 106 valence electrons. The fraction of sp³-hybridized carbons (Fsp3) is 0.333. The third-order valence-corrected chi connectivity index (χ3v) is 4.09. The Bertz CT molecular complexity index is 603. The van der Waals surface area contributed by atoms with Crippen LogP contribution < -0.4 is 4.90 Å². The van der Waals surface area contributed by atoms with Crippen LogP contribution in [0.2, 0.25) is 5.02 Å². The predicted molar refractivity (Wildman–Crippen MR) is 87.4 cm³/mol. The smallest absolute Gasteiger partial charge is 0.133 e. The topological polar surface area (TPSA) is 29.0 Å². The van der Waals surface area contributed by atoms with Crippen LogP contribution in [0, 0.1) is 0 Å². The average Bonchev–Trinajstić information content (AvgIpc) is 2.45. The van der Waals surface area contributed by atoms with E-state index in [0.717, 1.165) is 33.3 Å². The SMILES string of the molecule is CCc1nc(Br)cc(N(C)C(C)c2ccccc2Cl)n1. The van der Waals surface area contributed by atoms with Gasteiger partial charge in [0.25, 0.3) is 0 Å². The molecule has 1 heterocycles. The van der Waals surface area contributed by atoms with Crippen molar-refractivity contribution in [3.63, 3.8) is 0 Å². The second kappa shape index (κ2) is 6.55. The summed E-state index contributed by atoms with van der Waals surface area (Å²) in [5, 5.41) is 0.774. The molecule has 0 aliphatic rings. The van der Waals surface area contributed by atoms with Crippen molar-refractivity contribution in [2.45, 2.75) is 26.3 Å². The molecule has 2 aromatic rings. The summed E-state index contributed by atoms with van der Waals surface area (Å²) < 4.78 is 0.803. The number of halogens is 2. The van der Waals surface area contributed by atoms with Gasteiger partial charge in [-0.3, -0.25) is 0 Å². The first-order valence-electron chi connectivity index (χ1n) is 6.53. The van der Waals surface area contributed by atoms with Crippen LogP contribution in [0.1, 0.15) is 31.3 Å². The molecule has 1 unspecified atom stereocenters. The Hall–Kier alpha value is -1.13. The second-order valence-corrected chi connectivity index (χ2v) is 5.85. The van der Waals surface area contributed by atoms with E-state index in [4.69, 9.17) is 11.6 Å². The summed E-state index contributed by atoms with van der Waals surface area (Å²) >= 11 is 9.71. The van der Waals surface area contributed by atoms with Gasteiger partial charge in [0.2, 0.25) is 0 Å². The van der Waals surface area contributed by atoms with Crippen LogP contribution in [0.25, 0.3) is 0 Å². The molecule has 0 amide bonds. The Balaban J connectivity index is 2.33. The maximum Gasteiger partial charge on any atom is 0.133 e. The number of aryl methyl sites for hydroxylation is 1. The maximum atomic E-state index is 6.27. The summed E-state index contributed by atoms with van der Waals surface area (Å²) in [6, 6.07) is 9.95. The molecule has 0 bridgehead atoms. The number of hydrogen-bond acceptors (Lipinski definition) is 3. The van der Waals surface area contributed by atoms with Crippen LogP contribution in [-0.2, 0) is 6.42 Å². The third-order valence-electron chi connectivity index (χ3n) is 3.34. The van der Waals surface area contributed by atoms with Crippen LogP contribution in [0.4, 0.5) is 5.82 Å². The van der Waals surface area contributed by atoms with E-state index in [1.54, 1.807) is 0 Å². The number of nitrogens with zero attached hydrogens (tertiary/aromatic N) is 3. The fourth-order valence-corrected chi connectivity index (χ4v) is 2.71. The third kappa shape index (κ3) is 3.30. The van der Waals surface area contributed by atoms with Gasteiger partial charge in [-0.2, -0.15) is 0 Å². The zero-order chi connectivity index (χ0) is 14.7. The van der Waals surface area contributed by atoms with Crippen LogP contribution in [-0.4, -0.2) is 17.0 Å². The van der Waals surface area contributed by atoms with Gasteiger partial charge in [0, 0.05) is 24.6 Å². The number of benzene rings is 1. The molecule has 0 aliphatic heterocycles. The molecule has 1 aromatic heterocycles. The minimum Gasteiger partial charge on any atom is -0.353 e. The number of anilines is 1. The van der Waals surface area contributed by atoms with Crippen molar-refractivity contribution in [2.75, 3.05) is 11.9 Å². The van der Waals surface area contributed by atoms with Crippen LogP contribution in [0.3, 0.4) is 0 Å². The molecule has 0 radical (unpaired) electrons. The summed E-state index contributed by atoms with van der Waals surface area (Å²) in [5.41, 5.74) is 1.09. The lowest BCUT2D eigenvalue weighted by Gasteiger charge is -2.27. The van der Waals surface area contributed by atoms with Gasteiger partial charge in [0.1, 0.15) is 16.2 Å². The molecule has 20 heavy (non-hydrogen) atoms. The standard InChI is InChI=1S/C15H17BrClN3/c1-4-14-18-13(16)9-15(19-14)20(3)10(2)11-7-5-6-8-12(11)17/h5-10H,4H2,1-3H3. The van der Waals surface area contributed by atoms with Gasteiger partial charge in [-0.05, 0) is 34.5 Å². The Morgan fingerprint density at radius 3 is 2.65 bits per heavy atom. The summed E-state index contributed by atoms with van der Waals surface area (Å²) in [7, 11) is 2.02. The molecule has 0 saturated carbocycles. The first kappa shape index (κ1) is 15.3. The van der Waals surface area contributed by atoms with Gasteiger partial charge >= 0.3 is 0 Å². The molecule has 0 saturated heterocycles. The van der Waals surface area contributed by atoms with E-state index in [9.17, 15) is 0 Å². The second-order valence-electron chi connectivity index (χ2n) is 4.63. The quantitative estimate of drug-likeness (QED) is 0.748. The van der Waals surface area contributed by atoms with Crippen molar-refractivity contribution in [3.8, 4) is 0 Å². The minimum atomic E-state index is 0.134. The van der Waals surface area contributed by atoms with E-state index in [1.165, 1.54) is 0 Å². The zero-order valence-electron chi connectivity index (χ0n) is 11.8. The highest BCUT2D eigenvalue weighted by Crippen LogP contribution is 2.29. The molecular weight excluding hydrogens is 338 g/mol. The molecule has 0 N–H and O–H groups in total. The molecule has 3 nitrogen and oxygen atoms in total. The Kier molecular flexibility index (Phi) is 5.00. The van der Waals surface area contributed by atoms with Gasteiger partial charge in [-0.15, -0.1) is 0 Å². The van der Waals surface area contributed by atoms with E-state index >= 15 is 0 Å². The largest absolute Gasteiger partial charge is 0.353 e. The van der Waals surface area contributed by atoms with Gasteiger partial charge in [0.05, 0.1) is 6.04 Å². The summed E-state index contributed by atoms with van der Waals surface area (Å²) in [4.78, 5) is 11.0. The molecule has 0 fully saturated rings. The van der Waals surface area contributed by atoms with Gasteiger partial charge < -0.3 is 4.90 Å². The Morgan fingerprint density at radius 1 is 1.30 bits per heavy atom. The predicted octanol–water partition coefficient (Wildman–Crippen LogP) is 4.65. The lowest BCUT2D eigenvalue weighted by atomic mass is 10.1. The maximum absolute atomic E-state index is 6.27. The van der Waals surface area contributed by atoms with Crippen molar-refractivity contribution in [3.05, 3.63) is 51.3 Å².